The molecule has 1 rings (SSSR count). The van der Waals surface area contributed by atoms with Crippen LogP contribution < -0.4 is 5.32 Å². The summed E-state index contributed by atoms with van der Waals surface area (Å²) >= 11 is 0. The minimum Gasteiger partial charge on any atom is -0.478 e. The number of carbonyl (C=O) groups is 2. The van der Waals surface area contributed by atoms with E-state index in [2.05, 4.69) is 0 Å². The van der Waals surface area contributed by atoms with Gasteiger partial charge in [-0.05, 0) is 6.07 Å². The van der Waals surface area contributed by atoms with E-state index in [0.29, 0.717) is 12.1 Å². The van der Waals surface area contributed by atoms with Crippen LogP contribution >= 0.6 is 0 Å². The molecule has 0 atom stereocenters. The molecule has 0 saturated heterocycles. The van der Waals surface area contributed by atoms with Crippen LogP contribution in [0.2, 0.25) is 0 Å². The summed E-state index contributed by atoms with van der Waals surface area (Å²) in [4.78, 5) is 31.4. The van der Waals surface area contributed by atoms with Gasteiger partial charge in [-0.2, -0.15) is 8.78 Å². The first-order valence-electron chi connectivity index (χ1n) is 5.06. The van der Waals surface area contributed by atoms with Gasteiger partial charge in [0.05, 0.1) is 16.2 Å². The molecule has 0 fully saturated rings. The molecule has 1 aromatic rings. The van der Waals surface area contributed by atoms with Gasteiger partial charge in [0.25, 0.3) is 5.69 Å². The lowest BCUT2D eigenvalue weighted by Crippen LogP contribution is -2.41. The van der Waals surface area contributed by atoms with Crippen molar-refractivity contribution >= 4 is 23.3 Å². The predicted molar refractivity (Wildman–Crippen MR) is 59.6 cm³/mol. The lowest BCUT2D eigenvalue weighted by atomic mass is 10.1. The number of carboxylic acids is 1. The highest BCUT2D eigenvalue weighted by atomic mass is 19.3. The van der Waals surface area contributed by atoms with Gasteiger partial charge in [-0.15, -0.1) is 0 Å². The number of nitro benzene ring substituents is 1. The number of hydrogen-bond acceptors (Lipinski definition) is 4. The van der Waals surface area contributed by atoms with Crippen molar-refractivity contribution in [2.75, 3.05) is 5.32 Å². The quantitative estimate of drug-likeness (QED) is 0.492. The number of nitrogens with zero attached hydrogens (tertiary/aromatic N) is 1. The summed E-state index contributed by atoms with van der Waals surface area (Å²) in [5.41, 5.74) is -2.36. The lowest BCUT2D eigenvalue weighted by molar-refractivity contribution is -0.384. The molecule has 0 aliphatic rings. The number of carbonyl (C=O) groups excluding carboxylic acids is 1. The number of carboxylic acid groups (broad SMARTS) is 1. The number of nitro groups is 1. The molecular formula is C10H6F4N2O5. The van der Waals surface area contributed by atoms with Gasteiger partial charge in [0.15, 0.2) is 0 Å². The van der Waals surface area contributed by atoms with Gasteiger partial charge in [0, 0.05) is 12.1 Å². The number of amides is 1. The highest BCUT2D eigenvalue weighted by Crippen LogP contribution is 2.28. The Balaban J connectivity index is 3.22. The second kappa shape index (κ2) is 5.73. The summed E-state index contributed by atoms with van der Waals surface area (Å²) < 4.78 is 49.5. The molecule has 1 amide bonds. The second-order valence-electron chi connectivity index (χ2n) is 3.67. The first kappa shape index (κ1) is 16.3. The van der Waals surface area contributed by atoms with E-state index in [4.69, 9.17) is 5.11 Å². The predicted octanol–water partition coefficient (Wildman–Crippen LogP) is 2.13. The van der Waals surface area contributed by atoms with Crippen molar-refractivity contribution in [1.29, 1.82) is 0 Å². The summed E-state index contributed by atoms with van der Waals surface area (Å²) in [5, 5.41) is 20.5. The number of halogens is 4. The van der Waals surface area contributed by atoms with Crippen LogP contribution in [0.1, 0.15) is 10.4 Å². The number of non-ortho nitro benzene ring substituents is 1. The minimum atomic E-state index is -5.07. The zero-order chi connectivity index (χ0) is 16.4. The van der Waals surface area contributed by atoms with Gasteiger partial charge in [0.1, 0.15) is 0 Å². The fraction of sp³-hybridized carbons (Fsp3) is 0.200. The number of rotatable bonds is 5. The SMILES string of the molecule is O=C(O)c1ccc([N+](=O)[O-])cc1NC(=O)C(F)(F)C(F)F. The molecule has 11 heteroatoms. The van der Waals surface area contributed by atoms with Crippen LogP contribution in [-0.4, -0.2) is 34.3 Å². The highest BCUT2D eigenvalue weighted by molar-refractivity contribution is 6.03. The molecule has 1 aromatic carbocycles. The Kier molecular flexibility index (Phi) is 4.45. The molecule has 21 heavy (non-hydrogen) atoms. The Morgan fingerprint density at radius 2 is 1.90 bits per heavy atom. The Morgan fingerprint density at radius 1 is 1.33 bits per heavy atom. The fourth-order valence-electron chi connectivity index (χ4n) is 1.24. The topological polar surface area (TPSA) is 110 Å². The normalized spacial score (nSPS) is 11.3. The minimum absolute atomic E-state index is 0.475. The molecule has 0 bridgehead atoms. The zero-order valence-electron chi connectivity index (χ0n) is 9.85. The van der Waals surface area contributed by atoms with Crippen LogP contribution in [0.25, 0.3) is 0 Å². The third-order valence-electron chi connectivity index (χ3n) is 2.27. The monoisotopic (exact) mass is 310 g/mol. The molecule has 0 radical (unpaired) electrons. The average Bonchev–Trinajstić information content (AvgIpc) is 2.37. The Bertz CT molecular complexity index is 605. The van der Waals surface area contributed by atoms with E-state index in [1.807, 2.05) is 0 Å². The Morgan fingerprint density at radius 3 is 2.33 bits per heavy atom. The second-order valence-corrected chi connectivity index (χ2v) is 3.67. The smallest absolute Gasteiger partial charge is 0.383 e. The van der Waals surface area contributed by atoms with Crippen LogP contribution in [-0.2, 0) is 4.79 Å². The molecule has 0 aromatic heterocycles. The van der Waals surface area contributed by atoms with Crippen LogP contribution in [0.3, 0.4) is 0 Å². The zero-order valence-corrected chi connectivity index (χ0v) is 9.85. The molecule has 0 saturated carbocycles. The molecule has 0 heterocycles. The Hall–Kier alpha value is -2.72. The van der Waals surface area contributed by atoms with Crippen molar-refractivity contribution in [3.63, 3.8) is 0 Å². The summed E-state index contributed by atoms with van der Waals surface area (Å²) in [7, 11) is 0. The molecule has 0 aliphatic carbocycles. The summed E-state index contributed by atoms with van der Waals surface area (Å²) in [5.74, 6) is -9.23. The third kappa shape index (κ3) is 3.43. The van der Waals surface area contributed by atoms with Gasteiger partial charge in [-0.1, -0.05) is 0 Å². The van der Waals surface area contributed by atoms with E-state index in [9.17, 15) is 37.3 Å². The van der Waals surface area contributed by atoms with Gasteiger partial charge in [-0.3, -0.25) is 14.9 Å². The number of aromatic carboxylic acids is 1. The van der Waals surface area contributed by atoms with Gasteiger partial charge in [-0.25, -0.2) is 13.6 Å². The number of hydrogen-bond donors (Lipinski definition) is 2. The van der Waals surface area contributed by atoms with Crippen molar-refractivity contribution < 1.29 is 37.2 Å². The van der Waals surface area contributed by atoms with Crippen LogP contribution in [0.15, 0.2) is 18.2 Å². The van der Waals surface area contributed by atoms with Gasteiger partial charge < -0.3 is 10.4 Å². The summed E-state index contributed by atoms with van der Waals surface area (Å²) in [6.07, 6.45) is -4.32. The molecule has 0 aliphatic heterocycles. The maximum atomic E-state index is 12.8. The van der Waals surface area contributed by atoms with Crippen molar-refractivity contribution in [2.24, 2.45) is 0 Å². The fourth-order valence-corrected chi connectivity index (χ4v) is 1.24. The maximum Gasteiger partial charge on any atom is 0.383 e. The summed E-state index contributed by atoms with van der Waals surface area (Å²) in [6, 6.07) is 1.91. The van der Waals surface area contributed by atoms with Crippen LogP contribution in [0.4, 0.5) is 28.9 Å². The standard InChI is InChI=1S/C10H6F4N2O5/c11-8(12)10(13,14)9(19)15-6-3-4(16(20)21)1-2-5(6)7(17)18/h1-3,8H,(H,15,19)(H,17,18). The molecule has 2 N–H and O–H groups in total. The average molecular weight is 310 g/mol. The molecule has 114 valence electrons. The molecule has 7 nitrogen and oxygen atoms in total. The van der Waals surface area contributed by atoms with Gasteiger partial charge in [0.2, 0.25) is 0 Å². The largest absolute Gasteiger partial charge is 0.478 e. The van der Waals surface area contributed by atoms with E-state index in [1.54, 1.807) is 0 Å². The lowest BCUT2D eigenvalue weighted by Gasteiger charge is -2.15. The van der Waals surface area contributed by atoms with Crippen molar-refractivity contribution in [2.45, 2.75) is 12.3 Å². The highest BCUT2D eigenvalue weighted by Gasteiger charge is 2.49. The van der Waals surface area contributed by atoms with E-state index in [-0.39, 0.29) is 0 Å². The van der Waals surface area contributed by atoms with Crippen molar-refractivity contribution in [3.05, 3.63) is 33.9 Å². The number of benzene rings is 1. The number of anilines is 1. The summed E-state index contributed by atoms with van der Waals surface area (Å²) in [6.45, 7) is 0. The van der Waals surface area contributed by atoms with Crippen molar-refractivity contribution in [3.8, 4) is 0 Å². The van der Waals surface area contributed by atoms with E-state index >= 15 is 0 Å². The van der Waals surface area contributed by atoms with Crippen molar-refractivity contribution in [1.82, 2.24) is 0 Å². The molecule has 0 unspecified atom stereocenters. The molecular weight excluding hydrogens is 304 g/mol. The van der Waals surface area contributed by atoms with E-state index in [0.717, 1.165) is 6.07 Å². The van der Waals surface area contributed by atoms with Crippen LogP contribution in [0, 0.1) is 10.1 Å². The van der Waals surface area contributed by atoms with Crippen LogP contribution in [0.5, 0.6) is 0 Å². The van der Waals surface area contributed by atoms with Gasteiger partial charge >= 0.3 is 24.2 Å². The Labute approximate surface area is 113 Å². The van der Waals surface area contributed by atoms with E-state index in [1.165, 1.54) is 5.32 Å². The first-order valence-corrected chi connectivity index (χ1v) is 5.06. The van der Waals surface area contributed by atoms with E-state index < -0.39 is 46.1 Å². The molecule has 0 spiro atoms. The number of alkyl halides is 4. The third-order valence-corrected chi connectivity index (χ3v) is 2.27. The first-order chi connectivity index (χ1) is 9.57. The maximum absolute atomic E-state index is 12.8. The number of nitrogens with one attached hydrogen (secondary N) is 1.